The third-order valence-corrected chi connectivity index (χ3v) is 7.11. The van der Waals surface area contributed by atoms with Crippen molar-refractivity contribution in [3.05, 3.63) is 82.4 Å². The molecule has 0 radical (unpaired) electrons. The Kier molecular flexibility index (Phi) is 5.91. The van der Waals surface area contributed by atoms with E-state index >= 15 is 0 Å². The Labute approximate surface area is 211 Å². The molecule has 2 atom stereocenters. The molecule has 1 unspecified atom stereocenters. The molecule has 6 rings (SSSR count). The first-order chi connectivity index (χ1) is 18.0. The lowest BCUT2D eigenvalue weighted by Gasteiger charge is -2.43. The number of pyridine rings is 2. The van der Waals surface area contributed by atoms with Gasteiger partial charge in [-0.05, 0) is 41.8 Å². The predicted octanol–water partition coefficient (Wildman–Crippen LogP) is 3.97. The van der Waals surface area contributed by atoms with Crippen LogP contribution in [0.3, 0.4) is 0 Å². The number of ether oxygens (including phenoxy) is 1. The van der Waals surface area contributed by atoms with Crippen LogP contribution in [0.1, 0.15) is 12.0 Å². The van der Waals surface area contributed by atoms with Crippen molar-refractivity contribution in [2.24, 2.45) is 0 Å². The molecule has 2 N–H and O–H groups in total. The fourth-order valence-electron chi connectivity index (χ4n) is 5.37. The Morgan fingerprint density at radius 1 is 1.08 bits per heavy atom. The van der Waals surface area contributed by atoms with Crippen molar-refractivity contribution in [2.45, 2.75) is 18.6 Å². The van der Waals surface area contributed by atoms with Crippen LogP contribution in [0.2, 0.25) is 0 Å². The van der Waals surface area contributed by atoms with E-state index in [2.05, 4.69) is 20.2 Å². The number of nitrogens with one attached hydrogen (secondary N) is 2. The SMILES string of the molecule is N#Cc1c[nH]cc(-c2ccc3ncc(-c4cc(F)cc(F)c4)c(N4CC[C@H]5NCCOC5C4)c3c2)c1=O. The third kappa shape index (κ3) is 4.24. The summed E-state index contributed by atoms with van der Waals surface area (Å²) in [6, 6.07) is 11.1. The first-order valence-corrected chi connectivity index (χ1v) is 12.1. The zero-order valence-electron chi connectivity index (χ0n) is 19.8. The molecule has 2 aromatic carbocycles. The zero-order valence-corrected chi connectivity index (χ0v) is 19.8. The minimum atomic E-state index is -0.673. The van der Waals surface area contributed by atoms with Crippen LogP contribution in [0.25, 0.3) is 33.2 Å². The van der Waals surface area contributed by atoms with E-state index in [1.165, 1.54) is 18.3 Å². The van der Waals surface area contributed by atoms with Crippen molar-refractivity contribution in [3.8, 4) is 28.3 Å². The van der Waals surface area contributed by atoms with Crippen LogP contribution in [0.15, 0.2) is 59.8 Å². The first kappa shape index (κ1) is 23.3. The topological polar surface area (TPSA) is 94.0 Å². The Hall–Kier alpha value is -4.13. The fraction of sp³-hybridized carbons (Fsp3) is 0.250. The molecule has 4 heterocycles. The largest absolute Gasteiger partial charge is 0.373 e. The number of morpholine rings is 1. The molecule has 0 spiro atoms. The number of hydrogen-bond acceptors (Lipinski definition) is 6. The Morgan fingerprint density at radius 3 is 2.73 bits per heavy atom. The molecule has 0 bridgehead atoms. The molecule has 37 heavy (non-hydrogen) atoms. The Bertz CT molecular complexity index is 1590. The van der Waals surface area contributed by atoms with Gasteiger partial charge < -0.3 is 19.9 Å². The molecule has 2 saturated heterocycles. The highest BCUT2D eigenvalue weighted by Crippen LogP contribution is 2.40. The molecular weight excluding hydrogens is 476 g/mol. The lowest BCUT2D eigenvalue weighted by molar-refractivity contribution is -0.00896. The number of nitriles is 1. The third-order valence-electron chi connectivity index (χ3n) is 7.11. The normalized spacial score (nSPS) is 19.4. The average molecular weight is 500 g/mol. The maximum Gasteiger partial charge on any atom is 0.207 e. The molecule has 186 valence electrons. The predicted molar refractivity (Wildman–Crippen MR) is 136 cm³/mol. The molecular formula is C28H23F2N5O2. The minimum absolute atomic E-state index is 0.0175. The minimum Gasteiger partial charge on any atom is -0.373 e. The van der Waals surface area contributed by atoms with Crippen LogP contribution in [0, 0.1) is 23.0 Å². The number of aromatic amines is 1. The number of halogens is 2. The van der Waals surface area contributed by atoms with Crippen molar-refractivity contribution < 1.29 is 13.5 Å². The lowest BCUT2D eigenvalue weighted by atomic mass is 9.94. The van der Waals surface area contributed by atoms with Gasteiger partial charge in [-0.2, -0.15) is 5.26 Å². The summed E-state index contributed by atoms with van der Waals surface area (Å²) in [5.41, 5.74) is 3.03. The zero-order chi connectivity index (χ0) is 25.5. The van der Waals surface area contributed by atoms with Gasteiger partial charge in [-0.25, -0.2) is 8.78 Å². The maximum atomic E-state index is 14.3. The van der Waals surface area contributed by atoms with Crippen molar-refractivity contribution in [1.82, 2.24) is 15.3 Å². The lowest BCUT2D eigenvalue weighted by Crippen LogP contribution is -2.57. The number of piperidine rings is 1. The standard InChI is InChI=1S/C28H23F2N5O2/c29-19-7-17(8-20(30)10-19)22-14-34-24-2-1-16(23-13-32-12-18(11-31)28(23)36)9-21(24)27(22)35-5-3-25-26(15-35)37-6-4-33-25/h1-2,7-10,12-14,25-26,33H,3-6,15H2,(H,32,36)/t25-,26?/m1/s1. The number of hydrogen-bond donors (Lipinski definition) is 2. The van der Waals surface area contributed by atoms with Crippen molar-refractivity contribution >= 4 is 16.6 Å². The van der Waals surface area contributed by atoms with Crippen LogP contribution >= 0.6 is 0 Å². The molecule has 9 heteroatoms. The molecule has 2 aromatic heterocycles. The van der Waals surface area contributed by atoms with Crippen LogP contribution in [-0.4, -0.2) is 48.4 Å². The molecule has 2 aliphatic rings. The van der Waals surface area contributed by atoms with E-state index in [0.29, 0.717) is 47.5 Å². The van der Waals surface area contributed by atoms with Gasteiger partial charge in [0, 0.05) is 66.8 Å². The van der Waals surface area contributed by atoms with Gasteiger partial charge in [-0.15, -0.1) is 0 Å². The highest BCUT2D eigenvalue weighted by atomic mass is 19.1. The number of fused-ring (bicyclic) bond motifs is 2. The molecule has 7 nitrogen and oxygen atoms in total. The van der Waals surface area contributed by atoms with Crippen molar-refractivity contribution in [3.63, 3.8) is 0 Å². The van der Waals surface area contributed by atoms with Gasteiger partial charge in [0.15, 0.2) is 0 Å². The summed E-state index contributed by atoms with van der Waals surface area (Å²) in [6.07, 6.45) is 5.39. The van der Waals surface area contributed by atoms with Gasteiger partial charge in [-0.1, -0.05) is 6.07 Å². The second kappa shape index (κ2) is 9.39. The van der Waals surface area contributed by atoms with E-state index < -0.39 is 11.6 Å². The summed E-state index contributed by atoms with van der Waals surface area (Å²) in [4.78, 5) is 22.5. The summed E-state index contributed by atoms with van der Waals surface area (Å²) >= 11 is 0. The van der Waals surface area contributed by atoms with Crippen molar-refractivity contribution in [2.75, 3.05) is 31.1 Å². The van der Waals surface area contributed by atoms with Gasteiger partial charge in [0.1, 0.15) is 23.3 Å². The van der Waals surface area contributed by atoms with Crippen LogP contribution in [-0.2, 0) is 4.74 Å². The number of benzene rings is 2. The van der Waals surface area contributed by atoms with Gasteiger partial charge in [-0.3, -0.25) is 9.78 Å². The number of H-pyrrole nitrogens is 1. The summed E-state index contributed by atoms with van der Waals surface area (Å²) < 4.78 is 34.6. The summed E-state index contributed by atoms with van der Waals surface area (Å²) in [5.74, 6) is -1.35. The average Bonchev–Trinajstić information content (AvgIpc) is 2.91. The van der Waals surface area contributed by atoms with E-state index in [4.69, 9.17) is 4.74 Å². The molecule has 0 amide bonds. The monoisotopic (exact) mass is 499 g/mol. The van der Waals surface area contributed by atoms with Gasteiger partial charge in [0.05, 0.1) is 23.9 Å². The van der Waals surface area contributed by atoms with Crippen molar-refractivity contribution in [1.29, 1.82) is 5.26 Å². The van der Waals surface area contributed by atoms with Gasteiger partial charge in [0.2, 0.25) is 5.43 Å². The summed E-state index contributed by atoms with van der Waals surface area (Å²) in [5, 5.41) is 13.6. The van der Waals surface area contributed by atoms with Crippen LogP contribution in [0.5, 0.6) is 0 Å². The quantitative estimate of drug-likeness (QED) is 0.443. The van der Waals surface area contributed by atoms with Gasteiger partial charge >= 0.3 is 0 Å². The highest BCUT2D eigenvalue weighted by molar-refractivity contribution is 6.01. The van der Waals surface area contributed by atoms with Crippen LogP contribution < -0.4 is 15.6 Å². The fourth-order valence-corrected chi connectivity index (χ4v) is 5.37. The molecule has 2 fully saturated rings. The van der Waals surface area contributed by atoms with Gasteiger partial charge in [0.25, 0.3) is 0 Å². The van der Waals surface area contributed by atoms with E-state index in [9.17, 15) is 18.8 Å². The second-order valence-electron chi connectivity index (χ2n) is 9.34. The number of nitrogens with zero attached hydrogens (tertiary/aromatic N) is 3. The smallest absolute Gasteiger partial charge is 0.207 e. The maximum absolute atomic E-state index is 14.3. The van der Waals surface area contributed by atoms with E-state index in [0.717, 1.165) is 30.1 Å². The number of rotatable bonds is 3. The first-order valence-electron chi connectivity index (χ1n) is 12.1. The molecule has 0 saturated carbocycles. The Morgan fingerprint density at radius 2 is 1.92 bits per heavy atom. The second-order valence-corrected chi connectivity index (χ2v) is 9.34. The highest BCUT2D eigenvalue weighted by Gasteiger charge is 2.33. The van der Waals surface area contributed by atoms with E-state index in [1.807, 2.05) is 18.2 Å². The van der Waals surface area contributed by atoms with Crippen LogP contribution in [0.4, 0.5) is 14.5 Å². The summed E-state index contributed by atoms with van der Waals surface area (Å²) in [6.45, 7) is 2.73. The molecule has 4 aromatic rings. The van der Waals surface area contributed by atoms with E-state index in [1.54, 1.807) is 18.5 Å². The van der Waals surface area contributed by atoms with E-state index in [-0.39, 0.29) is 23.1 Å². The number of anilines is 1. The Balaban J connectivity index is 1.57. The summed E-state index contributed by atoms with van der Waals surface area (Å²) in [7, 11) is 0. The number of aromatic nitrogens is 2. The molecule has 2 aliphatic heterocycles. The molecule has 0 aliphatic carbocycles.